The molecule has 116 valence electrons. The second kappa shape index (κ2) is 6.37. The maximum Gasteiger partial charge on any atom is 0.243 e. The zero-order valence-electron chi connectivity index (χ0n) is 11.7. The van der Waals surface area contributed by atoms with Crippen molar-refractivity contribution in [3.63, 3.8) is 0 Å². The molecule has 3 N–H and O–H groups in total. The number of benzene rings is 1. The van der Waals surface area contributed by atoms with Crippen molar-refractivity contribution in [3.05, 3.63) is 29.3 Å². The van der Waals surface area contributed by atoms with Crippen LogP contribution in [0.2, 0.25) is 0 Å². The normalized spacial score (nSPS) is 20.4. The van der Waals surface area contributed by atoms with E-state index in [0.29, 0.717) is 11.1 Å². The van der Waals surface area contributed by atoms with E-state index in [9.17, 15) is 8.42 Å². The van der Waals surface area contributed by atoms with E-state index in [1.54, 1.807) is 19.1 Å². The topological polar surface area (TPSA) is 92.9 Å². The Kier molecular flexibility index (Phi) is 4.95. The molecule has 21 heavy (non-hydrogen) atoms. The molecule has 0 bridgehead atoms. The lowest BCUT2D eigenvalue weighted by molar-refractivity contribution is -0.0304. The van der Waals surface area contributed by atoms with Gasteiger partial charge in [0.2, 0.25) is 10.0 Å². The van der Waals surface area contributed by atoms with Crippen molar-refractivity contribution in [3.8, 4) is 0 Å². The van der Waals surface area contributed by atoms with Gasteiger partial charge in [0, 0.05) is 18.7 Å². The average Bonchev–Trinajstić information content (AvgIpc) is 2.47. The summed E-state index contributed by atoms with van der Waals surface area (Å²) in [6.45, 7) is 2.17. The van der Waals surface area contributed by atoms with E-state index < -0.39 is 16.1 Å². The molecule has 1 aromatic carbocycles. The summed E-state index contributed by atoms with van der Waals surface area (Å²) in [5.41, 5.74) is 6.71. The van der Waals surface area contributed by atoms with Crippen LogP contribution in [-0.2, 0) is 14.8 Å². The van der Waals surface area contributed by atoms with Crippen LogP contribution in [0.1, 0.15) is 11.1 Å². The van der Waals surface area contributed by atoms with Gasteiger partial charge in [-0.2, -0.15) is 4.31 Å². The van der Waals surface area contributed by atoms with E-state index in [1.807, 2.05) is 0 Å². The van der Waals surface area contributed by atoms with Crippen LogP contribution in [0.4, 0.5) is 0 Å². The third-order valence-corrected chi connectivity index (χ3v) is 5.64. The number of thiocarbonyl (C=S) groups is 1. The van der Waals surface area contributed by atoms with Crippen molar-refractivity contribution in [1.82, 2.24) is 4.31 Å². The fourth-order valence-electron chi connectivity index (χ4n) is 2.19. The summed E-state index contributed by atoms with van der Waals surface area (Å²) >= 11 is 4.90. The fourth-order valence-corrected chi connectivity index (χ4v) is 4.02. The minimum atomic E-state index is -3.66. The average molecular weight is 330 g/mol. The molecule has 0 aromatic heterocycles. The monoisotopic (exact) mass is 330 g/mol. The summed E-state index contributed by atoms with van der Waals surface area (Å²) in [4.78, 5) is 0.341. The molecule has 8 heteroatoms. The Morgan fingerprint density at radius 2 is 2.29 bits per heavy atom. The van der Waals surface area contributed by atoms with E-state index in [0.717, 1.165) is 0 Å². The van der Waals surface area contributed by atoms with Gasteiger partial charge in [0.15, 0.2) is 0 Å². The highest BCUT2D eigenvalue weighted by Gasteiger charge is 2.31. The van der Waals surface area contributed by atoms with Crippen molar-refractivity contribution >= 4 is 27.2 Å². The number of ether oxygens (including phenoxy) is 1. The van der Waals surface area contributed by atoms with Crippen LogP contribution in [0.5, 0.6) is 0 Å². The Bertz CT molecular complexity index is 646. The molecule has 1 aliphatic rings. The van der Waals surface area contributed by atoms with Crippen LogP contribution in [0, 0.1) is 6.92 Å². The molecule has 1 unspecified atom stereocenters. The van der Waals surface area contributed by atoms with Crippen LogP contribution in [0.25, 0.3) is 0 Å². The molecule has 1 aliphatic heterocycles. The van der Waals surface area contributed by atoms with Gasteiger partial charge in [-0.15, -0.1) is 0 Å². The van der Waals surface area contributed by atoms with E-state index in [-0.39, 0.29) is 36.2 Å². The molecule has 0 radical (unpaired) electrons. The second-order valence-electron chi connectivity index (χ2n) is 4.88. The summed E-state index contributed by atoms with van der Waals surface area (Å²) in [5, 5.41) is 9.14. The Morgan fingerprint density at radius 1 is 1.57 bits per heavy atom. The van der Waals surface area contributed by atoms with Gasteiger partial charge in [0.1, 0.15) is 4.99 Å². The van der Waals surface area contributed by atoms with E-state index >= 15 is 0 Å². The number of rotatable bonds is 4. The molecule has 1 aromatic rings. The predicted octanol–water partition coefficient (Wildman–Crippen LogP) is 0.0110. The summed E-state index contributed by atoms with van der Waals surface area (Å²) in [5.74, 6) is 0. The first kappa shape index (κ1) is 16.3. The van der Waals surface area contributed by atoms with Crippen molar-refractivity contribution in [2.45, 2.75) is 17.9 Å². The van der Waals surface area contributed by atoms with E-state index in [4.69, 9.17) is 27.8 Å². The maximum atomic E-state index is 12.7. The minimum absolute atomic E-state index is 0.134. The number of sulfonamides is 1. The van der Waals surface area contributed by atoms with Crippen molar-refractivity contribution in [2.75, 3.05) is 26.3 Å². The summed E-state index contributed by atoms with van der Waals surface area (Å²) in [6.07, 6.45) is -0.493. The molecule has 1 fully saturated rings. The lowest BCUT2D eigenvalue weighted by Gasteiger charge is -2.31. The minimum Gasteiger partial charge on any atom is -0.394 e. The van der Waals surface area contributed by atoms with Crippen LogP contribution >= 0.6 is 12.2 Å². The van der Waals surface area contributed by atoms with Crippen LogP contribution < -0.4 is 5.73 Å². The fraction of sp³-hybridized carbons (Fsp3) is 0.462. The standard InChI is InChI=1S/C13H18N2O4S2/c1-9-2-3-10(13(14)20)6-12(9)21(17,18)15-4-5-19-11(7-15)8-16/h2-3,6,11,16H,4-5,7-8H2,1H3,(H2,14,20). The van der Waals surface area contributed by atoms with E-state index in [1.165, 1.54) is 10.4 Å². The third-order valence-electron chi connectivity index (χ3n) is 3.40. The second-order valence-corrected chi connectivity index (χ2v) is 7.23. The molecule has 0 saturated carbocycles. The number of aliphatic hydroxyl groups is 1. The van der Waals surface area contributed by atoms with E-state index in [2.05, 4.69) is 0 Å². The first-order chi connectivity index (χ1) is 9.86. The highest BCUT2D eigenvalue weighted by molar-refractivity contribution is 7.89. The number of hydrogen-bond donors (Lipinski definition) is 2. The quantitative estimate of drug-likeness (QED) is 0.756. The number of nitrogens with zero attached hydrogens (tertiary/aromatic N) is 1. The SMILES string of the molecule is Cc1ccc(C(N)=S)cc1S(=O)(=O)N1CCOC(CO)C1. The van der Waals surface area contributed by atoms with Gasteiger partial charge in [0.05, 0.1) is 24.2 Å². The van der Waals surface area contributed by atoms with Gasteiger partial charge in [0.25, 0.3) is 0 Å². The third kappa shape index (κ3) is 3.41. The van der Waals surface area contributed by atoms with Crippen LogP contribution in [-0.4, -0.2) is 55.2 Å². The van der Waals surface area contributed by atoms with Gasteiger partial charge in [-0.3, -0.25) is 0 Å². The molecule has 6 nitrogen and oxygen atoms in total. The Hall–Kier alpha value is -1.06. The number of morpholine rings is 1. The lowest BCUT2D eigenvalue weighted by atomic mass is 10.1. The zero-order valence-corrected chi connectivity index (χ0v) is 13.3. The van der Waals surface area contributed by atoms with Crippen LogP contribution in [0.15, 0.2) is 23.1 Å². The molecule has 2 rings (SSSR count). The largest absolute Gasteiger partial charge is 0.394 e. The Labute approximate surface area is 129 Å². The molecule has 1 atom stereocenters. The van der Waals surface area contributed by atoms with Gasteiger partial charge in [-0.1, -0.05) is 24.4 Å². The molecule has 0 spiro atoms. The van der Waals surface area contributed by atoms with Gasteiger partial charge in [-0.05, 0) is 18.6 Å². The smallest absolute Gasteiger partial charge is 0.243 e. The highest BCUT2D eigenvalue weighted by Crippen LogP contribution is 2.23. The van der Waals surface area contributed by atoms with Crippen LogP contribution in [0.3, 0.4) is 0 Å². The predicted molar refractivity (Wildman–Crippen MR) is 82.7 cm³/mol. The first-order valence-electron chi connectivity index (χ1n) is 6.49. The molecule has 0 amide bonds. The number of aryl methyl sites for hydroxylation is 1. The van der Waals surface area contributed by atoms with Crippen molar-refractivity contribution in [1.29, 1.82) is 0 Å². The molecule has 1 saturated heterocycles. The number of nitrogens with two attached hydrogens (primary N) is 1. The molecular formula is C13H18N2O4S2. The highest BCUT2D eigenvalue weighted by atomic mass is 32.2. The molecule has 0 aliphatic carbocycles. The van der Waals surface area contributed by atoms with Gasteiger partial charge >= 0.3 is 0 Å². The zero-order chi connectivity index (χ0) is 15.6. The first-order valence-corrected chi connectivity index (χ1v) is 8.34. The van der Waals surface area contributed by atoms with Gasteiger partial charge < -0.3 is 15.6 Å². The summed E-state index contributed by atoms with van der Waals surface area (Å²) in [6, 6.07) is 4.88. The summed E-state index contributed by atoms with van der Waals surface area (Å²) < 4.78 is 32.1. The molecular weight excluding hydrogens is 312 g/mol. The summed E-state index contributed by atoms with van der Waals surface area (Å²) in [7, 11) is -3.66. The number of aliphatic hydroxyl groups excluding tert-OH is 1. The lowest BCUT2D eigenvalue weighted by Crippen LogP contribution is -2.46. The molecule has 1 heterocycles. The van der Waals surface area contributed by atoms with Crippen molar-refractivity contribution in [2.24, 2.45) is 5.73 Å². The van der Waals surface area contributed by atoms with Crippen molar-refractivity contribution < 1.29 is 18.3 Å². The van der Waals surface area contributed by atoms with Gasteiger partial charge in [-0.25, -0.2) is 8.42 Å². The maximum absolute atomic E-state index is 12.7. The Morgan fingerprint density at radius 3 is 2.90 bits per heavy atom. The Balaban J connectivity index is 2.39. The number of hydrogen-bond acceptors (Lipinski definition) is 5.